The van der Waals surface area contributed by atoms with Crippen molar-refractivity contribution in [3.8, 4) is 11.5 Å². The van der Waals surface area contributed by atoms with Crippen molar-refractivity contribution in [2.24, 2.45) is 5.10 Å². The van der Waals surface area contributed by atoms with E-state index in [1.54, 1.807) is 13.0 Å². The van der Waals surface area contributed by atoms with E-state index in [1.807, 2.05) is 0 Å². The van der Waals surface area contributed by atoms with Crippen LogP contribution < -0.4 is 10.2 Å². The summed E-state index contributed by atoms with van der Waals surface area (Å²) in [6, 6.07) is 8.20. The van der Waals surface area contributed by atoms with Gasteiger partial charge in [-0.1, -0.05) is 18.2 Å². The molecule has 146 valence electrons. The average molecular weight is 388 g/mol. The summed E-state index contributed by atoms with van der Waals surface area (Å²) in [5, 5.41) is 35.5. The molecule has 0 saturated carbocycles. The van der Waals surface area contributed by atoms with Gasteiger partial charge in [0.1, 0.15) is 0 Å². The zero-order valence-electron chi connectivity index (χ0n) is 14.7. The quantitative estimate of drug-likeness (QED) is 0.399. The molecule has 1 amide bonds. The van der Waals surface area contributed by atoms with Gasteiger partial charge in [-0.15, -0.1) is 0 Å². The zero-order valence-corrected chi connectivity index (χ0v) is 14.7. The van der Waals surface area contributed by atoms with Crippen molar-refractivity contribution in [2.75, 3.05) is 6.61 Å². The van der Waals surface area contributed by atoms with Crippen LogP contribution in [0.15, 0.2) is 41.5 Å². The smallest absolute Gasteiger partial charge is 0.315 e. The normalized spacial score (nSPS) is 10.6. The minimum Gasteiger partial charge on any atom is -0.500 e. The number of ether oxygens (including phenoxy) is 1. The Balaban J connectivity index is 2.13. The molecule has 0 unspecified atom stereocenters. The third-order valence-corrected chi connectivity index (χ3v) is 3.52. The van der Waals surface area contributed by atoms with Crippen molar-refractivity contribution in [3.63, 3.8) is 0 Å². The minimum absolute atomic E-state index is 0.0932. The number of nitro groups is 2. The maximum absolute atomic E-state index is 12.0. The molecular weight excluding hydrogens is 372 g/mol. The van der Waals surface area contributed by atoms with Gasteiger partial charge in [0, 0.05) is 23.3 Å². The van der Waals surface area contributed by atoms with E-state index in [-0.39, 0.29) is 35.6 Å². The molecule has 2 aromatic rings. The lowest BCUT2D eigenvalue weighted by Gasteiger charge is -2.07. The SMILES string of the molecule is CCOc1cc(C=NNC(=O)Cc2ccccc2[N+](=O)[O-])cc([N+](=O)[O-])c1O. The van der Waals surface area contributed by atoms with Crippen molar-refractivity contribution >= 4 is 23.5 Å². The highest BCUT2D eigenvalue weighted by Gasteiger charge is 2.20. The second-order valence-corrected chi connectivity index (χ2v) is 5.43. The molecule has 0 spiro atoms. The average Bonchev–Trinajstić information content (AvgIpc) is 2.64. The molecule has 0 radical (unpaired) electrons. The van der Waals surface area contributed by atoms with Gasteiger partial charge in [0.05, 0.1) is 29.1 Å². The largest absolute Gasteiger partial charge is 0.500 e. The fraction of sp³-hybridized carbons (Fsp3) is 0.176. The molecule has 28 heavy (non-hydrogen) atoms. The predicted molar refractivity (Wildman–Crippen MR) is 98.5 cm³/mol. The Bertz CT molecular complexity index is 943. The highest BCUT2D eigenvalue weighted by molar-refractivity contribution is 5.85. The number of carbonyl (C=O) groups excluding carboxylic acids is 1. The number of nitrogens with zero attached hydrogens (tertiary/aromatic N) is 3. The molecule has 11 nitrogen and oxygen atoms in total. The van der Waals surface area contributed by atoms with Crippen LogP contribution in [0.3, 0.4) is 0 Å². The van der Waals surface area contributed by atoms with Crippen molar-refractivity contribution < 1.29 is 24.5 Å². The molecule has 0 aliphatic rings. The van der Waals surface area contributed by atoms with E-state index in [0.29, 0.717) is 0 Å². The Hall–Kier alpha value is -4.02. The number of phenolic OH excluding ortho intramolecular Hbond substituents is 1. The highest BCUT2D eigenvalue weighted by Crippen LogP contribution is 2.36. The fourth-order valence-electron chi connectivity index (χ4n) is 2.32. The Kier molecular flexibility index (Phi) is 6.58. The maximum atomic E-state index is 12.0. The van der Waals surface area contributed by atoms with Crippen LogP contribution in [0.25, 0.3) is 0 Å². The Morgan fingerprint density at radius 1 is 1.21 bits per heavy atom. The van der Waals surface area contributed by atoms with Gasteiger partial charge in [0.15, 0.2) is 5.75 Å². The van der Waals surface area contributed by atoms with Gasteiger partial charge in [0.2, 0.25) is 11.7 Å². The van der Waals surface area contributed by atoms with E-state index < -0.39 is 27.2 Å². The summed E-state index contributed by atoms with van der Waals surface area (Å²) in [4.78, 5) is 32.6. The number of nitro benzene ring substituents is 2. The van der Waals surface area contributed by atoms with E-state index in [4.69, 9.17) is 4.74 Å². The van der Waals surface area contributed by atoms with E-state index in [1.165, 1.54) is 24.3 Å². The topological polar surface area (TPSA) is 157 Å². The maximum Gasteiger partial charge on any atom is 0.315 e. The van der Waals surface area contributed by atoms with E-state index >= 15 is 0 Å². The highest BCUT2D eigenvalue weighted by atomic mass is 16.6. The zero-order chi connectivity index (χ0) is 20.7. The van der Waals surface area contributed by atoms with E-state index in [2.05, 4.69) is 10.5 Å². The number of phenols is 1. The third kappa shape index (κ3) is 5.00. The number of para-hydroxylation sites is 1. The van der Waals surface area contributed by atoms with Crippen molar-refractivity contribution in [1.29, 1.82) is 0 Å². The lowest BCUT2D eigenvalue weighted by molar-refractivity contribution is -0.386. The number of rotatable bonds is 8. The van der Waals surface area contributed by atoms with Crippen LogP contribution in [-0.2, 0) is 11.2 Å². The fourth-order valence-corrected chi connectivity index (χ4v) is 2.32. The monoisotopic (exact) mass is 388 g/mol. The molecule has 2 N–H and O–H groups in total. The molecule has 0 aliphatic heterocycles. The number of hydrazone groups is 1. The number of hydrogen-bond donors (Lipinski definition) is 2. The standard InChI is InChI=1S/C17H16N4O7/c1-2-28-15-8-11(7-14(17(15)23)21(26)27)10-18-19-16(22)9-12-5-3-4-6-13(12)20(24)25/h3-8,10,23H,2,9H2,1H3,(H,19,22). The molecule has 0 saturated heterocycles. The molecule has 2 rings (SSSR count). The number of amides is 1. The number of benzene rings is 2. The number of aromatic hydroxyl groups is 1. The molecule has 2 aromatic carbocycles. The summed E-state index contributed by atoms with van der Waals surface area (Å²) in [7, 11) is 0. The van der Waals surface area contributed by atoms with Gasteiger partial charge in [-0.25, -0.2) is 5.43 Å². The lowest BCUT2D eigenvalue weighted by atomic mass is 10.1. The lowest BCUT2D eigenvalue weighted by Crippen LogP contribution is -2.20. The summed E-state index contributed by atoms with van der Waals surface area (Å²) in [6.45, 7) is 1.83. The summed E-state index contributed by atoms with van der Waals surface area (Å²) >= 11 is 0. The van der Waals surface area contributed by atoms with Crippen molar-refractivity contribution in [1.82, 2.24) is 5.43 Å². The van der Waals surface area contributed by atoms with Gasteiger partial charge in [-0.2, -0.15) is 5.10 Å². The molecule has 0 bridgehead atoms. The van der Waals surface area contributed by atoms with Crippen LogP contribution in [-0.4, -0.2) is 33.7 Å². The van der Waals surface area contributed by atoms with Gasteiger partial charge in [-0.05, 0) is 13.0 Å². The minimum atomic E-state index is -0.775. The first-order chi connectivity index (χ1) is 13.3. The number of carbonyl (C=O) groups is 1. The van der Waals surface area contributed by atoms with Crippen LogP contribution in [0.1, 0.15) is 18.1 Å². The predicted octanol–water partition coefficient (Wildman–Crippen LogP) is 2.30. The second kappa shape index (κ2) is 9.07. The first kappa shape index (κ1) is 20.3. The number of hydrogen-bond acceptors (Lipinski definition) is 8. The third-order valence-electron chi connectivity index (χ3n) is 3.52. The van der Waals surface area contributed by atoms with Crippen LogP contribution in [0.5, 0.6) is 11.5 Å². The van der Waals surface area contributed by atoms with Gasteiger partial charge in [0.25, 0.3) is 5.69 Å². The van der Waals surface area contributed by atoms with Gasteiger partial charge < -0.3 is 9.84 Å². The Labute approximate surface area is 158 Å². The first-order valence-electron chi connectivity index (χ1n) is 8.01. The summed E-state index contributed by atoms with van der Waals surface area (Å²) in [5.41, 5.74) is 1.87. The Morgan fingerprint density at radius 3 is 2.54 bits per heavy atom. The van der Waals surface area contributed by atoms with Crippen molar-refractivity contribution in [3.05, 3.63) is 67.8 Å². The van der Waals surface area contributed by atoms with Gasteiger partial charge in [-0.3, -0.25) is 25.0 Å². The molecule has 0 atom stereocenters. The summed E-state index contributed by atoms with van der Waals surface area (Å²) in [6.07, 6.45) is 0.862. The van der Waals surface area contributed by atoms with Crippen LogP contribution in [0, 0.1) is 20.2 Å². The van der Waals surface area contributed by atoms with Gasteiger partial charge >= 0.3 is 5.69 Å². The van der Waals surface area contributed by atoms with E-state index in [0.717, 1.165) is 12.3 Å². The first-order valence-corrected chi connectivity index (χ1v) is 8.01. The second-order valence-electron chi connectivity index (χ2n) is 5.43. The molecule has 11 heteroatoms. The van der Waals surface area contributed by atoms with Crippen LogP contribution in [0.4, 0.5) is 11.4 Å². The van der Waals surface area contributed by atoms with Crippen molar-refractivity contribution in [2.45, 2.75) is 13.3 Å². The summed E-state index contributed by atoms with van der Waals surface area (Å²) in [5.74, 6) is -1.31. The summed E-state index contributed by atoms with van der Waals surface area (Å²) < 4.78 is 5.14. The van der Waals surface area contributed by atoms with Crippen LogP contribution >= 0.6 is 0 Å². The number of nitrogens with one attached hydrogen (secondary N) is 1. The Morgan fingerprint density at radius 2 is 1.89 bits per heavy atom. The van der Waals surface area contributed by atoms with E-state index in [9.17, 15) is 30.1 Å². The molecule has 0 heterocycles. The molecule has 0 fully saturated rings. The van der Waals surface area contributed by atoms with Crippen LogP contribution in [0.2, 0.25) is 0 Å². The molecular formula is C17H16N4O7. The molecule has 0 aliphatic carbocycles. The molecule has 0 aromatic heterocycles.